The monoisotopic (exact) mass is 279 g/mol. The lowest BCUT2D eigenvalue weighted by Gasteiger charge is -2.07. The minimum atomic E-state index is -0.886. The minimum Gasteiger partial charge on any atom is -0.383 e. The third-order valence-electron chi connectivity index (χ3n) is 3.33. The molecule has 0 aliphatic carbocycles. The van der Waals surface area contributed by atoms with Crippen LogP contribution in [0.4, 0.5) is 14.6 Å². The fourth-order valence-electron chi connectivity index (χ4n) is 2.21. The normalized spacial score (nSPS) is 11.0. The summed E-state index contributed by atoms with van der Waals surface area (Å²) in [4.78, 5) is 4.47. The molecule has 1 aromatic heterocycles. The molecule has 0 aliphatic heterocycles. The lowest BCUT2D eigenvalue weighted by molar-refractivity contribution is 0.509. The van der Waals surface area contributed by atoms with Crippen LogP contribution in [-0.2, 0) is 13.0 Å². The van der Waals surface area contributed by atoms with E-state index in [1.807, 2.05) is 11.5 Å². The van der Waals surface area contributed by atoms with Crippen molar-refractivity contribution in [3.63, 3.8) is 0 Å². The van der Waals surface area contributed by atoms with Crippen LogP contribution in [0.1, 0.15) is 32.5 Å². The molecule has 0 saturated carbocycles. The first-order chi connectivity index (χ1) is 9.58. The number of aromatic nitrogens is 2. The van der Waals surface area contributed by atoms with Gasteiger partial charge in [-0.3, -0.25) is 0 Å². The molecule has 1 heterocycles. The van der Waals surface area contributed by atoms with Crippen LogP contribution >= 0.6 is 0 Å². The molecule has 0 spiro atoms. The Balaban J connectivity index is 2.46. The predicted molar refractivity (Wildman–Crippen MR) is 76.3 cm³/mol. The molecule has 0 fully saturated rings. The summed E-state index contributed by atoms with van der Waals surface area (Å²) < 4.78 is 28.3. The molecule has 2 rings (SSSR count). The van der Waals surface area contributed by atoms with E-state index in [1.54, 1.807) is 0 Å². The summed E-state index contributed by atoms with van der Waals surface area (Å²) in [7, 11) is 0. The summed E-state index contributed by atoms with van der Waals surface area (Å²) >= 11 is 0. The van der Waals surface area contributed by atoms with E-state index in [2.05, 4.69) is 11.9 Å². The van der Waals surface area contributed by atoms with Crippen molar-refractivity contribution < 1.29 is 8.78 Å². The van der Waals surface area contributed by atoms with Gasteiger partial charge in [0.15, 0.2) is 11.6 Å². The molecule has 0 radical (unpaired) electrons. The predicted octanol–water partition coefficient (Wildman–Crippen LogP) is 3.77. The highest BCUT2D eigenvalue weighted by Crippen LogP contribution is 2.28. The van der Waals surface area contributed by atoms with Crippen molar-refractivity contribution in [1.29, 1.82) is 0 Å². The average Bonchev–Trinajstić information content (AvgIpc) is 2.76. The maximum absolute atomic E-state index is 13.3. The molecular weight excluding hydrogens is 260 g/mol. The number of hydrogen-bond donors (Lipinski definition) is 1. The van der Waals surface area contributed by atoms with Crippen LogP contribution < -0.4 is 5.73 Å². The molecule has 0 aliphatic rings. The molecule has 5 heteroatoms. The van der Waals surface area contributed by atoms with Gasteiger partial charge in [0.05, 0.1) is 0 Å². The van der Waals surface area contributed by atoms with Gasteiger partial charge in [-0.25, -0.2) is 13.8 Å². The highest BCUT2D eigenvalue weighted by Gasteiger charge is 2.16. The summed E-state index contributed by atoms with van der Waals surface area (Å²) in [6.07, 6.45) is 2.81. The number of nitrogens with zero attached hydrogens (tertiary/aromatic N) is 2. The van der Waals surface area contributed by atoms with Crippen LogP contribution in [0.25, 0.3) is 11.3 Å². The van der Waals surface area contributed by atoms with E-state index in [0.717, 1.165) is 43.8 Å². The van der Waals surface area contributed by atoms with Gasteiger partial charge < -0.3 is 10.3 Å². The summed E-state index contributed by atoms with van der Waals surface area (Å²) in [5.41, 5.74) is 7.16. The van der Waals surface area contributed by atoms with Crippen LogP contribution in [0.5, 0.6) is 0 Å². The Kier molecular flexibility index (Phi) is 4.37. The van der Waals surface area contributed by atoms with Gasteiger partial charge in [-0.15, -0.1) is 0 Å². The first-order valence-electron chi connectivity index (χ1n) is 6.88. The molecule has 0 amide bonds. The van der Waals surface area contributed by atoms with E-state index < -0.39 is 11.6 Å². The van der Waals surface area contributed by atoms with Crippen LogP contribution in [-0.4, -0.2) is 9.55 Å². The second kappa shape index (κ2) is 6.03. The zero-order valence-corrected chi connectivity index (χ0v) is 11.8. The van der Waals surface area contributed by atoms with Gasteiger partial charge in [-0.2, -0.15) is 0 Å². The Morgan fingerprint density at radius 2 is 1.95 bits per heavy atom. The van der Waals surface area contributed by atoms with E-state index in [-0.39, 0.29) is 0 Å². The van der Waals surface area contributed by atoms with Crippen molar-refractivity contribution in [2.24, 2.45) is 0 Å². The first kappa shape index (κ1) is 14.5. The Bertz CT molecular complexity index is 605. The molecule has 0 saturated heterocycles. The van der Waals surface area contributed by atoms with Crippen molar-refractivity contribution in [2.45, 2.75) is 39.7 Å². The third kappa shape index (κ3) is 2.66. The summed E-state index contributed by atoms with van der Waals surface area (Å²) in [6.45, 7) is 4.90. The molecular formula is C15H19F2N3. The van der Waals surface area contributed by atoms with Crippen molar-refractivity contribution in [3.05, 3.63) is 35.7 Å². The Morgan fingerprint density at radius 3 is 2.55 bits per heavy atom. The van der Waals surface area contributed by atoms with Crippen LogP contribution in [0.2, 0.25) is 0 Å². The average molecular weight is 279 g/mol. The number of hydrogen-bond acceptors (Lipinski definition) is 2. The number of anilines is 1. The molecule has 2 aromatic rings. The fourth-order valence-corrected chi connectivity index (χ4v) is 2.21. The van der Waals surface area contributed by atoms with Crippen LogP contribution in [0.15, 0.2) is 18.2 Å². The fraction of sp³-hybridized carbons (Fsp3) is 0.400. The van der Waals surface area contributed by atoms with Gasteiger partial charge in [-0.1, -0.05) is 20.3 Å². The summed E-state index contributed by atoms with van der Waals surface area (Å²) in [5, 5.41) is 0. The SMILES string of the molecule is CCCCn1c(CC)nc(-c2ccc(F)c(F)c2)c1N. The van der Waals surface area contributed by atoms with Crippen molar-refractivity contribution in [3.8, 4) is 11.3 Å². The van der Waals surface area contributed by atoms with Crippen LogP contribution in [0.3, 0.4) is 0 Å². The zero-order valence-electron chi connectivity index (χ0n) is 11.8. The lowest BCUT2D eigenvalue weighted by Crippen LogP contribution is -2.06. The molecule has 3 nitrogen and oxygen atoms in total. The van der Waals surface area contributed by atoms with Gasteiger partial charge in [0, 0.05) is 18.5 Å². The minimum absolute atomic E-state index is 0.506. The molecule has 0 unspecified atom stereocenters. The van der Waals surface area contributed by atoms with Crippen molar-refractivity contribution in [2.75, 3.05) is 5.73 Å². The third-order valence-corrected chi connectivity index (χ3v) is 3.33. The number of benzene rings is 1. The molecule has 0 bridgehead atoms. The zero-order chi connectivity index (χ0) is 14.7. The second-order valence-corrected chi connectivity index (χ2v) is 4.75. The van der Waals surface area contributed by atoms with E-state index in [4.69, 9.17) is 5.73 Å². The number of aryl methyl sites for hydroxylation is 1. The van der Waals surface area contributed by atoms with Crippen LogP contribution in [0, 0.1) is 11.6 Å². The largest absolute Gasteiger partial charge is 0.383 e. The standard InChI is InChI=1S/C15H19F2N3/c1-3-5-8-20-13(4-2)19-14(15(20)18)10-6-7-11(16)12(17)9-10/h6-7,9H,3-5,8,18H2,1-2H3. The highest BCUT2D eigenvalue weighted by molar-refractivity contribution is 5.71. The Labute approximate surface area is 117 Å². The van der Waals surface area contributed by atoms with Gasteiger partial charge in [0.1, 0.15) is 17.3 Å². The topological polar surface area (TPSA) is 43.8 Å². The number of nitrogens with two attached hydrogens (primary N) is 1. The van der Waals surface area contributed by atoms with Gasteiger partial charge >= 0.3 is 0 Å². The quantitative estimate of drug-likeness (QED) is 0.905. The van der Waals surface area contributed by atoms with Crippen molar-refractivity contribution >= 4 is 5.82 Å². The smallest absolute Gasteiger partial charge is 0.159 e. The number of imidazole rings is 1. The number of nitrogen functional groups attached to an aromatic ring is 1. The number of halogens is 2. The first-order valence-corrected chi connectivity index (χ1v) is 6.88. The summed E-state index contributed by atoms with van der Waals surface area (Å²) in [6, 6.07) is 3.74. The maximum Gasteiger partial charge on any atom is 0.159 e. The highest BCUT2D eigenvalue weighted by atomic mass is 19.2. The lowest BCUT2D eigenvalue weighted by atomic mass is 10.1. The van der Waals surface area contributed by atoms with Gasteiger partial charge in [0.25, 0.3) is 0 Å². The van der Waals surface area contributed by atoms with E-state index in [9.17, 15) is 8.78 Å². The maximum atomic E-state index is 13.3. The van der Waals surface area contributed by atoms with Gasteiger partial charge in [0.2, 0.25) is 0 Å². The molecule has 2 N–H and O–H groups in total. The van der Waals surface area contributed by atoms with E-state index >= 15 is 0 Å². The summed E-state index contributed by atoms with van der Waals surface area (Å²) in [5.74, 6) is -0.367. The molecule has 1 aromatic carbocycles. The van der Waals surface area contributed by atoms with Gasteiger partial charge in [-0.05, 0) is 24.6 Å². The van der Waals surface area contributed by atoms with E-state index in [0.29, 0.717) is 17.1 Å². The second-order valence-electron chi connectivity index (χ2n) is 4.75. The molecule has 108 valence electrons. The Morgan fingerprint density at radius 1 is 1.20 bits per heavy atom. The number of rotatable bonds is 5. The Hall–Kier alpha value is -1.91. The van der Waals surface area contributed by atoms with E-state index in [1.165, 1.54) is 6.07 Å². The molecule has 0 atom stereocenters. The number of unbranched alkanes of at least 4 members (excludes halogenated alkanes) is 1. The van der Waals surface area contributed by atoms with Crippen molar-refractivity contribution in [1.82, 2.24) is 9.55 Å². The molecule has 20 heavy (non-hydrogen) atoms.